The summed E-state index contributed by atoms with van der Waals surface area (Å²) in [6.45, 7) is 8.70. The molecule has 37 heavy (non-hydrogen) atoms. The van der Waals surface area contributed by atoms with Crippen molar-refractivity contribution in [2.45, 2.75) is 63.8 Å². The summed E-state index contributed by atoms with van der Waals surface area (Å²) >= 11 is 6.47. The highest BCUT2D eigenvalue weighted by Crippen LogP contribution is 2.38. The fraction of sp³-hybridized carbons (Fsp3) is 0.481. The van der Waals surface area contributed by atoms with E-state index in [2.05, 4.69) is 107 Å². The number of hydrogen-bond acceptors (Lipinski definition) is 7. The lowest BCUT2D eigenvalue weighted by Crippen LogP contribution is -2.60. The van der Waals surface area contributed by atoms with Crippen molar-refractivity contribution < 1.29 is 28.9 Å². The van der Waals surface area contributed by atoms with E-state index in [4.69, 9.17) is 14.2 Å². The zero-order valence-electron chi connectivity index (χ0n) is 21.5. The van der Waals surface area contributed by atoms with Crippen LogP contribution in [0.5, 0.6) is 5.75 Å². The lowest BCUT2D eigenvalue weighted by Gasteiger charge is -2.53. The lowest BCUT2D eigenvalue weighted by atomic mass is 9.79. The number of benzene rings is 2. The van der Waals surface area contributed by atoms with E-state index in [0.29, 0.717) is 16.9 Å². The van der Waals surface area contributed by atoms with Crippen LogP contribution in [0.4, 0.5) is 0 Å². The Hall–Kier alpha value is -0.550. The molecule has 1 saturated heterocycles. The molecule has 1 atom stereocenters. The predicted octanol–water partition coefficient (Wildman–Crippen LogP) is 5.91. The summed E-state index contributed by atoms with van der Waals surface area (Å²) in [5.41, 5.74) is 0.761. The number of nitrogens with zero attached hydrogens (tertiary/aromatic N) is 1. The topological polar surface area (TPSA) is 85.3 Å². The smallest absolute Gasteiger partial charge is 0.344 e. The largest absolute Gasteiger partial charge is 0.459 e. The van der Waals surface area contributed by atoms with Gasteiger partial charge in [-0.3, -0.25) is 4.90 Å². The van der Waals surface area contributed by atoms with Crippen LogP contribution < -0.4 is 4.74 Å². The minimum atomic E-state index is -0.922. The van der Waals surface area contributed by atoms with Gasteiger partial charge in [0.15, 0.2) is 0 Å². The van der Waals surface area contributed by atoms with Crippen molar-refractivity contribution in [3.05, 3.63) is 58.2 Å². The molecule has 7 nitrogen and oxygen atoms in total. The summed E-state index contributed by atoms with van der Waals surface area (Å²) in [6, 6.07) is 9.91. The molecule has 1 N–H and O–H groups in total. The molecular formula is C27H32I3NO6. The highest BCUT2D eigenvalue weighted by Gasteiger charge is 2.43. The Kier molecular flexibility index (Phi) is 10.7. The van der Waals surface area contributed by atoms with Crippen molar-refractivity contribution in [1.29, 1.82) is 0 Å². The molecule has 1 unspecified atom stereocenters. The summed E-state index contributed by atoms with van der Waals surface area (Å²) < 4.78 is 19.5. The average molecular weight is 847 g/mol. The van der Waals surface area contributed by atoms with Crippen LogP contribution in [0.25, 0.3) is 0 Å². The summed E-state index contributed by atoms with van der Waals surface area (Å²) in [4.78, 5) is 27.4. The van der Waals surface area contributed by atoms with Gasteiger partial charge in [0.1, 0.15) is 18.5 Å². The Morgan fingerprint density at radius 2 is 1.59 bits per heavy atom. The number of carbonyl (C=O) groups excluding carboxylic acids is 2. The van der Waals surface area contributed by atoms with Gasteiger partial charge >= 0.3 is 11.9 Å². The monoisotopic (exact) mass is 847 g/mol. The molecule has 0 radical (unpaired) electrons. The molecule has 1 heterocycles. The Labute approximate surface area is 259 Å². The van der Waals surface area contributed by atoms with Crippen LogP contribution in [0.2, 0.25) is 0 Å². The van der Waals surface area contributed by atoms with Gasteiger partial charge in [-0.1, -0.05) is 0 Å². The number of aliphatic hydroxyl groups is 1. The second-order valence-electron chi connectivity index (χ2n) is 10.5. The van der Waals surface area contributed by atoms with Crippen LogP contribution in [0.15, 0.2) is 36.4 Å². The van der Waals surface area contributed by atoms with E-state index in [0.717, 1.165) is 23.6 Å². The van der Waals surface area contributed by atoms with Crippen molar-refractivity contribution in [2.75, 3.05) is 20.3 Å². The van der Waals surface area contributed by atoms with Crippen LogP contribution in [-0.4, -0.2) is 65.5 Å². The van der Waals surface area contributed by atoms with E-state index in [1.807, 2.05) is 6.07 Å². The third kappa shape index (κ3) is 8.22. The quantitative estimate of drug-likeness (QED) is 0.153. The van der Waals surface area contributed by atoms with Crippen LogP contribution in [-0.2, 0) is 9.47 Å². The predicted molar refractivity (Wildman–Crippen MR) is 167 cm³/mol. The first-order valence-corrected chi connectivity index (χ1v) is 15.1. The van der Waals surface area contributed by atoms with Crippen LogP contribution in [0.1, 0.15) is 61.3 Å². The summed E-state index contributed by atoms with van der Waals surface area (Å²) in [7, 11) is 2.13. The first kappa shape index (κ1) is 31.0. The molecule has 1 aliphatic rings. The number of piperidine rings is 1. The Bertz CT molecular complexity index is 1120. The van der Waals surface area contributed by atoms with Crippen LogP contribution >= 0.6 is 67.8 Å². The average Bonchev–Trinajstić information content (AvgIpc) is 2.82. The SMILES string of the molecule is CN1C(C)(C)CC(OCC(O)COC(=O)c2ccc(OC(=O)c3cc(I)cc(I)c3I)cc2)CC1(C)C. The second-order valence-corrected chi connectivity index (χ2v) is 13.9. The van der Waals surface area contributed by atoms with Gasteiger partial charge in [-0.2, -0.15) is 0 Å². The van der Waals surface area contributed by atoms with Crippen molar-refractivity contribution >= 4 is 79.7 Å². The zero-order valence-corrected chi connectivity index (χ0v) is 28.0. The molecule has 3 rings (SSSR count). The first-order chi connectivity index (χ1) is 17.2. The van der Waals surface area contributed by atoms with E-state index in [1.165, 1.54) is 12.1 Å². The molecule has 1 aliphatic heterocycles. The zero-order chi connectivity index (χ0) is 27.5. The number of ether oxygens (including phenoxy) is 3. The van der Waals surface area contributed by atoms with E-state index in [9.17, 15) is 14.7 Å². The van der Waals surface area contributed by atoms with Crippen molar-refractivity contribution in [3.63, 3.8) is 0 Å². The van der Waals surface area contributed by atoms with E-state index in [-0.39, 0.29) is 30.4 Å². The number of likely N-dealkylation sites (tertiary alicyclic amines) is 1. The third-order valence-corrected chi connectivity index (χ3v) is 10.4. The summed E-state index contributed by atoms with van der Waals surface area (Å²) in [5, 5.41) is 10.3. The second kappa shape index (κ2) is 12.7. The van der Waals surface area contributed by atoms with E-state index >= 15 is 0 Å². The normalized spacial score (nSPS) is 18.3. The fourth-order valence-corrected chi connectivity index (χ4v) is 6.85. The minimum absolute atomic E-state index is 0.0128. The Balaban J connectivity index is 1.48. The highest BCUT2D eigenvalue weighted by atomic mass is 127. The van der Waals surface area contributed by atoms with Gasteiger partial charge in [-0.15, -0.1) is 0 Å². The molecule has 0 amide bonds. The maximum absolute atomic E-state index is 12.6. The molecule has 0 saturated carbocycles. The molecule has 2 aromatic rings. The fourth-order valence-electron chi connectivity index (χ4n) is 4.47. The Morgan fingerprint density at radius 3 is 2.19 bits per heavy atom. The van der Waals surface area contributed by atoms with Gasteiger partial charge in [0.25, 0.3) is 0 Å². The molecule has 0 spiro atoms. The van der Waals surface area contributed by atoms with Gasteiger partial charge in [0, 0.05) is 21.8 Å². The summed E-state index contributed by atoms with van der Waals surface area (Å²) in [6.07, 6.45) is 0.818. The van der Waals surface area contributed by atoms with Crippen LogP contribution in [0, 0.1) is 10.7 Å². The van der Waals surface area contributed by atoms with Gasteiger partial charge in [-0.05, 0) is 152 Å². The third-order valence-electron chi connectivity index (χ3n) is 6.71. The molecule has 2 aromatic carbocycles. The van der Waals surface area contributed by atoms with E-state index in [1.54, 1.807) is 18.2 Å². The molecular weight excluding hydrogens is 815 g/mol. The molecule has 1 fully saturated rings. The van der Waals surface area contributed by atoms with Gasteiger partial charge in [0.2, 0.25) is 0 Å². The molecule has 0 bridgehead atoms. The van der Waals surface area contributed by atoms with Gasteiger partial charge in [-0.25, -0.2) is 9.59 Å². The lowest BCUT2D eigenvalue weighted by molar-refractivity contribution is -0.110. The number of halogens is 3. The Morgan fingerprint density at radius 1 is 1.00 bits per heavy atom. The van der Waals surface area contributed by atoms with Crippen molar-refractivity contribution in [2.24, 2.45) is 0 Å². The highest BCUT2D eigenvalue weighted by molar-refractivity contribution is 14.1. The maximum atomic E-state index is 12.6. The minimum Gasteiger partial charge on any atom is -0.459 e. The maximum Gasteiger partial charge on any atom is 0.344 e. The molecule has 0 aliphatic carbocycles. The number of rotatable bonds is 8. The molecule has 202 valence electrons. The van der Waals surface area contributed by atoms with Crippen molar-refractivity contribution in [3.8, 4) is 5.75 Å². The first-order valence-electron chi connectivity index (χ1n) is 11.9. The van der Waals surface area contributed by atoms with Gasteiger partial charge in [0.05, 0.1) is 23.8 Å². The van der Waals surface area contributed by atoms with Crippen LogP contribution in [0.3, 0.4) is 0 Å². The number of carbonyl (C=O) groups is 2. The van der Waals surface area contributed by atoms with Crippen molar-refractivity contribution in [1.82, 2.24) is 4.90 Å². The number of esters is 2. The standard InChI is InChI=1S/C27H32I3NO6/c1-26(2)12-20(13-27(3,4)31(26)5)35-14-18(32)15-36-24(33)16-6-8-19(9-7-16)37-25(34)21-10-17(28)11-22(29)23(21)30/h6-11,18,20,32H,12-15H2,1-5H3. The number of aliphatic hydroxyl groups excluding tert-OH is 1. The summed E-state index contributed by atoms with van der Waals surface area (Å²) in [5.74, 6) is -0.709. The molecule has 0 aromatic heterocycles. The molecule has 10 heteroatoms. The van der Waals surface area contributed by atoms with E-state index < -0.39 is 18.0 Å². The van der Waals surface area contributed by atoms with Gasteiger partial charge < -0.3 is 19.3 Å². The number of hydrogen-bond donors (Lipinski definition) is 1.